The molecule has 1 heterocycles. The lowest BCUT2D eigenvalue weighted by Gasteiger charge is -2.48. The van der Waals surface area contributed by atoms with Gasteiger partial charge in [0.05, 0.1) is 11.1 Å². The van der Waals surface area contributed by atoms with Crippen molar-refractivity contribution >= 4 is 38.0 Å². The van der Waals surface area contributed by atoms with E-state index in [2.05, 4.69) is 27.7 Å². The van der Waals surface area contributed by atoms with Crippen molar-refractivity contribution in [1.29, 1.82) is 0 Å². The predicted molar refractivity (Wildman–Crippen MR) is 161 cm³/mol. The minimum Gasteiger partial charge on any atom is -0.459 e. The fourth-order valence-corrected chi connectivity index (χ4v) is 9.62. The fraction of sp³-hybridized carbons (Fsp3) is 0.516. The summed E-state index contributed by atoms with van der Waals surface area (Å²) in [5.41, 5.74) is 0.401. The van der Waals surface area contributed by atoms with Gasteiger partial charge in [0.2, 0.25) is 0 Å². The summed E-state index contributed by atoms with van der Waals surface area (Å²) in [7, 11) is -2.41. The molecule has 0 saturated carbocycles. The Morgan fingerprint density at radius 2 is 1.39 bits per heavy atom. The van der Waals surface area contributed by atoms with Crippen molar-refractivity contribution in [3.05, 3.63) is 71.8 Å². The van der Waals surface area contributed by atoms with E-state index in [0.717, 1.165) is 12.1 Å². The van der Waals surface area contributed by atoms with Gasteiger partial charge in [-0.15, -0.1) is 11.8 Å². The average Bonchev–Trinajstić information content (AvgIpc) is 2.97. The van der Waals surface area contributed by atoms with Crippen molar-refractivity contribution in [3.8, 4) is 0 Å². The van der Waals surface area contributed by atoms with Gasteiger partial charge in [-0.3, -0.25) is 4.79 Å². The second kappa shape index (κ2) is 15.5. The molecule has 0 N–H and O–H groups in total. The first-order chi connectivity index (χ1) is 19.7. The van der Waals surface area contributed by atoms with Crippen LogP contribution >= 0.6 is 11.8 Å². The quantitative estimate of drug-likeness (QED) is 0.149. The summed E-state index contributed by atoms with van der Waals surface area (Å²) in [5, 5.41) is 0. The third kappa shape index (κ3) is 8.44. The van der Waals surface area contributed by atoms with Crippen LogP contribution in [0, 0.1) is 0 Å². The number of ether oxygens (including phenoxy) is 4. The Labute approximate surface area is 248 Å². The summed E-state index contributed by atoms with van der Waals surface area (Å²) in [6.45, 7) is 11.6. The summed E-state index contributed by atoms with van der Waals surface area (Å²) in [4.78, 5) is 38.5. The van der Waals surface area contributed by atoms with E-state index in [1.807, 2.05) is 19.1 Å². The van der Waals surface area contributed by atoms with Gasteiger partial charge in [0, 0.05) is 6.92 Å². The maximum absolute atomic E-state index is 13.3. The summed E-state index contributed by atoms with van der Waals surface area (Å²) < 4.78 is 31.1. The van der Waals surface area contributed by atoms with Gasteiger partial charge in [0.1, 0.15) is 24.3 Å². The van der Waals surface area contributed by atoms with Crippen LogP contribution in [0.1, 0.15) is 62.3 Å². The Hall–Kier alpha value is -2.66. The zero-order valence-corrected chi connectivity index (χ0v) is 26.6. The molecule has 1 fully saturated rings. The van der Waals surface area contributed by atoms with Crippen LogP contribution < -0.4 is 0 Å². The van der Waals surface area contributed by atoms with Crippen LogP contribution in [0.4, 0.5) is 0 Å². The first kappa shape index (κ1) is 32.8. The predicted octanol–water partition coefficient (Wildman–Crippen LogP) is 6.26. The Kier molecular flexibility index (Phi) is 12.4. The average molecular weight is 603 g/mol. The second-order valence-corrected chi connectivity index (χ2v) is 16.6. The molecular weight excluding hydrogens is 560 g/mol. The van der Waals surface area contributed by atoms with Crippen molar-refractivity contribution in [2.45, 2.75) is 89.0 Å². The molecule has 0 aromatic heterocycles. The number of carbonyl (C=O) groups excluding carboxylic acids is 3. The van der Waals surface area contributed by atoms with E-state index in [0.29, 0.717) is 16.9 Å². The van der Waals surface area contributed by atoms with Crippen LogP contribution in [0.25, 0.3) is 0 Å². The van der Waals surface area contributed by atoms with Gasteiger partial charge in [-0.2, -0.15) is 0 Å². The van der Waals surface area contributed by atoms with Crippen LogP contribution in [-0.2, 0) is 28.2 Å². The van der Waals surface area contributed by atoms with E-state index >= 15 is 0 Å². The molecule has 224 valence electrons. The van der Waals surface area contributed by atoms with Gasteiger partial charge < -0.3 is 23.4 Å². The molecule has 1 aliphatic rings. The molecule has 2 aromatic rings. The maximum atomic E-state index is 13.3. The van der Waals surface area contributed by atoms with Gasteiger partial charge in [-0.1, -0.05) is 71.0 Å². The molecule has 2 aromatic carbocycles. The highest BCUT2D eigenvalue weighted by Crippen LogP contribution is 2.39. The van der Waals surface area contributed by atoms with E-state index in [4.69, 9.17) is 23.4 Å². The van der Waals surface area contributed by atoms with Crippen molar-refractivity contribution in [3.63, 3.8) is 0 Å². The topological polar surface area (TPSA) is 97.4 Å². The van der Waals surface area contributed by atoms with E-state index < -0.39 is 56.1 Å². The van der Waals surface area contributed by atoms with Crippen molar-refractivity contribution in [2.75, 3.05) is 12.4 Å². The van der Waals surface area contributed by atoms with Crippen LogP contribution in [0.3, 0.4) is 0 Å². The summed E-state index contributed by atoms with van der Waals surface area (Å²) in [5.74, 6) is -0.903. The Bertz CT molecular complexity index is 1130. The van der Waals surface area contributed by atoms with Crippen LogP contribution in [0.2, 0.25) is 17.6 Å². The highest BCUT2D eigenvalue weighted by molar-refractivity contribution is 7.99. The molecule has 41 heavy (non-hydrogen) atoms. The lowest BCUT2D eigenvalue weighted by molar-refractivity contribution is -0.216. The smallest absolute Gasteiger partial charge is 0.338 e. The van der Waals surface area contributed by atoms with Crippen molar-refractivity contribution in [2.24, 2.45) is 0 Å². The molecular formula is C31H42O8SSi. The van der Waals surface area contributed by atoms with E-state index in [-0.39, 0.29) is 12.1 Å². The minimum atomic E-state index is -2.41. The third-order valence-electron chi connectivity index (χ3n) is 7.48. The molecule has 8 nitrogen and oxygen atoms in total. The molecule has 0 aliphatic carbocycles. The number of benzene rings is 2. The second-order valence-electron chi connectivity index (χ2n) is 10.3. The zero-order chi connectivity index (χ0) is 30.0. The van der Waals surface area contributed by atoms with Gasteiger partial charge in [0.25, 0.3) is 0 Å². The molecule has 0 bridgehead atoms. The summed E-state index contributed by atoms with van der Waals surface area (Å²) in [6, 6.07) is 19.0. The molecule has 5 unspecified atom stereocenters. The zero-order valence-electron chi connectivity index (χ0n) is 24.7. The Balaban J connectivity index is 2.02. The Morgan fingerprint density at radius 1 is 0.829 bits per heavy atom. The molecule has 5 atom stereocenters. The van der Waals surface area contributed by atoms with E-state index in [1.165, 1.54) is 18.7 Å². The van der Waals surface area contributed by atoms with Crippen LogP contribution in [0.5, 0.6) is 0 Å². The Morgan fingerprint density at radius 3 is 1.88 bits per heavy atom. The number of carbonyl (C=O) groups is 3. The monoisotopic (exact) mass is 602 g/mol. The number of esters is 3. The first-order valence-corrected chi connectivity index (χ1v) is 17.7. The molecule has 10 heteroatoms. The minimum absolute atomic E-state index is 0.167. The van der Waals surface area contributed by atoms with Crippen LogP contribution in [-0.4, -0.2) is 68.4 Å². The van der Waals surface area contributed by atoms with Gasteiger partial charge in [-0.25, -0.2) is 9.59 Å². The van der Waals surface area contributed by atoms with Crippen LogP contribution in [0.15, 0.2) is 60.7 Å². The first-order valence-electron chi connectivity index (χ1n) is 14.3. The highest BCUT2D eigenvalue weighted by atomic mass is 32.2. The largest absolute Gasteiger partial charge is 0.459 e. The summed E-state index contributed by atoms with van der Waals surface area (Å²) >= 11 is 1.46. The normalized spacial score (nSPS) is 22.7. The highest BCUT2D eigenvalue weighted by Gasteiger charge is 2.54. The molecule has 3 rings (SSSR count). The lowest BCUT2D eigenvalue weighted by Crippen LogP contribution is -2.64. The number of hydrogen-bond donors (Lipinski definition) is 0. The standard InChI is InChI=1S/C31H42O8SSi/c1-7-40-31-28(38-30(34)24-18-14-11-15-19-24)27(39-41(8-2,9-3)21(4)5)26(36-22(6)32)25(37-31)20-35-29(33)23-16-12-10-13-17-23/h10-19,21,25-28,31H,7-9,20H2,1-6H3. The number of rotatable bonds is 13. The lowest BCUT2D eigenvalue weighted by atomic mass is 9.99. The third-order valence-corrected chi connectivity index (χ3v) is 13.8. The molecule has 0 spiro atoms. The molecule has 0 amide bonds. The fourth-order valence-electron chi connectivity index (χ4n) is 5.13. The number of hydrogen-bond acceptors (Lipinski definition) is 9. The molecule has 0 radical (unpaired) electrons. The van der Waals surface area contributed by atoms with E-state index in [1.54, 1.807) is 48.5 Å². The summed E-state index contributed by atoms with van der Waals surface area (Å²) in [6.07, 6.45) is -3.50. The van der Waals surface area contributed by atoms with E-state index in [9.17, 15) is 14.4 Å². The SMILES string of the molecule is CCSC1OC(COC(=O)c2ccccc2)C(OC(C)=O)C(O[Si](CC)(CC)C(C)C)C1OC(=O)c1ccccc1. The maximum Gasteiger partial charge on any atom is 0.338 e. The van der Waals surface area contributed by atoms with Gasteiger partial charge in [0.15, 0.2) is 20.5 Å². The van der Waals surface area contributed by atoms with Gasteiger partial charge >= 0.3 is 17.9 Å². The van der Waals surface area contributed by atoms with Gasteiger partial charge in [-0.05, 0) is 47.6 Å². The molecule has 1 aliphatic heterocycles. The number of thioether (sulfide) groups is 1. The molecule has 1 saturated heterocycles. The van der Waals surface area contributed by atoms with Crippen molar-refractivity contribution < 1.29 is 37.8 Å². The van der Waals surface area contributed by atoms with Crippen molar-refractivity contribution in [1.82, 2.24) is 0 Å².